The maximum atomic E-state index is 13.5. The fraction of sp³-hybridized carbons (Fsp3) is 0.462. The van der Waals surface area contributed by atoms with Crippen LogP contribution in [0, 0.1) is 11.6 Å². The molecule has 0 aliphatic carbocycles. The van der Waals surface area contributed by atoms with Crippen molar-refractivity contribution in [3.05, 3.63) is 29.3 Å². The van der Waals surface area contributed by atoms with Crippen molar-refractivity contribution in [2.45, 2.75) is 6.92 Å². The molecule has 0 spiro atoms. The third-order valence-electron chi connectivity index (χ3n) is 2.87. The normalized spacial score (nSPS) is 10.6. The van der Waals surface area contributed by atoms with Gasteiger partial charge in [0.05, 0.1) is 0 Å². The minimum Gasteiger partial charge on any atom is -0.383 e. The number of carbonyl (C=O) groups excluding carboxylic acids is 1. The van der Waals surface area contributed by atoms with Gasteiger partial charge in [0.15, 0.2) is 0 Å². The summed E-state index contributed by atoms with van der Waals surface area (Å²) in [5.74, 6) is -2.04. The fourth-order valence-corrected chi connectivity index (χ4v) is 1.56. The number of anilines is 1. The summed E-state index contributed by atoms with van der Waals surface area (Å²) in [4.78, 5) is 13.8. The number of benzene rings is 1. The molecule has 0 saturated heterocycles. The molecule has 1 aromatic rings. The smallest absolute Gasteiger partial charge is 0.251 e. The van der Waals surface area contributed by atoms with Crippen molar-refractivity contribution in [1.82, 2.24) is 10.2 Å². The van der Waals surface area contributed by atoms with Gasteiger partial charge in [-0.1, -0.05) is 6.92 Å². The second-order valence-corrected chi connectivity index (χ2v) is 4.22. The van der Waals surface area contributed by atoms with E-state index in [2.05, 4.69) is 10.6 Å². The Morgan fingerprint density at radius 3 is 2.37 bits per heavy atom. The van der Waals surface area contributed by atoms with Crippen molar-refractivity contribution in [3.63, 3.8) is 0 Å². The first-order chi connectivity index (χ1) is 8.99. The van der Waals surface area contributed by atoms with Crippen molar-refractivity contribution in [2.24, 2.45) is 0 Å². The highest BCUT2D eigenvalue weighted by Gasteiger charge is 2.14. The first-order valence-corrected chi connectivity index (χ1v) is 6.13. The Morgan fingerprint density at radius 2 is 1.89 bits per heavy atom. The van der Waals surface area contributed by atoms with Gasteiger partial charge in [0.25, 0.3) is 5.91 Å². The van der Waals surface area contributed by atoms with Crippen LogP contribution in [0.4, 0.5) is 14.5 Å². The second-order valence-electron chi connectivity index (χ2n) is 4.22. The summed E-state index contributed by atoms with van der Waals surface area (Å²) in [5.41, 5.74) is -0.254. The van der Waals surface area contributed by atoms with Gasteiger partial charge in [0, 0.05) is 25.7 Å². The molecule has 1 amide bonds. The molecule has 0 aromatic heterocycles. The van der Waals surface area contributed by atoms with Gasteiger partial charge in [-0.05, 0) is 25.7 Å². The lowest BCUT2D eigenvalue weighted by Crippen LogP contribution is -2.33. The Bertz CT molecular complexity index is 429. The van der Waals surface area contributed by atoms with E-state index in [0.717, 1.165) is 18.7 Å². The average Bonchev–Trinajstić information content (AvgIpc) is 2.37. The summed E-state index contributed by atoms with van der Waals surface area (Å²) >= 11 is 0. The molecular weight excluding hydrogens is 252 g/mol. The Labute approximate surface area is 111 Å². The quantitative estimate of drug-likeness (QED) is 0.827. The molecule has 0 unspecified atom stereocenters. The van der Waals surface area contributed by atoms with Gasteiger partial charge in [0.2, 0.25) is 0 Å². The van der Waals surface area contributed by atoms with Crippen LogP contribution in [0.1, 0.15) is 17.3 Å². The van der Waals surface area contributed by atoms with Gasteiger partial charge < -0.3 is 15.5 Å². The Balaban J connectivity index is 2.68. The molecule has 106 valence electrons. The zero-order valence-corrected chi connectivity index (χ0v) is 11.4. The van der Waals surface area contributed by atoms with Crippen molar-refractivity contribution in [2.75, 3.05) is 39.0 Å². The predicted molar refractivity (Wildman–Crippen MR) is 71.4 cm³/mol. The Kier molecular flexibility index (Phi) is 5.69. The van der Waals surface area contributed by atoms with Crippen molar-refractivity contribution >= 4 is 11.6 Å². The van der Waals surface area contributed by atoms with Crippen LogP contribution in [0.25, 0.3) is 0 Å². The highest BCUT2D eigenvalue weighted by atomic mass is 19.1. The molecule has 0 atom stereocenters. The number of likely N-dealkylation sites (N-methyl/N-ethyl adjacent to an activating group) is 1. The number of nitrogens with one attached hydrogen (secondary N) is 2. The van der Waals surface area contributed by atoms with E-state index in [-0.39, 0.29) is 11.3 Å². The summed E-state index contributed by atoms with van der Waals surface area (Å²) in [6, 6.07) is 2.04. The highest BCUT2D eigenvalue weighted by molar-refractivity contribution is 5.94. The van der Waals surface area contributed by atoms with Crippen LogP contribution >= 0.6 is 0 Å². The molecule has 0 aliphatic rings. The molecule has 0 heterocycles. The van der Waals surface area contributed by atoms with Gasteiger partial charge in [0.1, 0.15) is 17.3 Å². The van der Waals surface area contributed by atoms with E-state index < -0.39 is 17.5 Å². The maximum absolute atomic E-state index is 13.5. The molecule has 1 rings (SSSR count). The molecule has 0 fully saturated rings. The molecule has 0 bridgehead atoms. The van der Waals surface area contributed by atoms with E-state index in [0.29, 0.717) is 13.1 Å². The third kappa shape index (κ3) is 4.17. The fourth-order valence-electron chi connectivity index (χ4n) is 1.56. The summed E-state index contributed by atoms with van der Waals surface area (Å²) < 4.78 is 27.0. The van der Waals surface area contributed by atoms with Gasteiger partial charge in [-0.2, -0.15) is 0 Å². The number of hydrogen-bond acceptors (Lipinski definition) is 3. The number of carbonyl (C=O) groups is 1. The van der Waals surface area contributed by atoms with Gasteiger partial charge >= 0.3 is 0 Å². The number of halogens is 2. The minimum atomic E-state index is -0.779. The molecule has 4 nitrogen and oxygen atoms in total. The summed E-state index contributed by atoms with van der Waals surface area (Å²) in [7, 11) is 3.34. The van der Waals surface area contributed by atoms with E-state index >= 15 is 0 Å². The molecule has 19 heavy (non-hydrogen) atoms. The van der Waals surface area contributed by atoms with Crippen LogP contribution in [-0.4, -0.2) is 44.5 Å². The SMILES string of the molecule is CCN(C)CCNC(=O)c1cc(F)c(NC)c(F)c1. The lowest BCUT2D eigenvalue weighted by molar-refractivity contribution is 0.0949. The van der Waals surface area contributed by atoms with Crippen LogP contribution in [0.2, 0.25) is 0 Å². The second kappa shape index (κ2) is 7.04. The van der Waals surface area contributed by atoms with Crippen LogP contribution in [0.3, 0.4) is 0 Å². The summed E-state index contributed by atoms with van der Waals surface area (Å²) in [6.45, 7) is 3.99. The van der Waals surface area contributed by atoms with Crippen molar-refractivity contribution in [3.8, 4) is 0 Å². The standard InChI is InChI=1S/C13H19F2N3O/c1-4-18(3)6-5-17-13(19)9-7-10(14)12(16-2)11(15)8-9/h7-8,16H,4-6H2,1-3H3,(H,17,19). The zero-order chi connectivity index (χ0) is 14.4. The Hall–Kier alpha value is -1.69. The van der Waals surface area contributed by atoms with E-state index in [4.69, 9.17) is 0 Å². The van der Waals surface area contributed by atoms with Crippen molar-refractivity contribution < 1.29 is 13.6 Å². The minimum absolute atomic E-state index is 0.0202. The maximum Gasteiger partial charge on any atom is 0.251 e. The Morgan fingerprint density at radius 1 is 1.32 bits per heavy atom. The lowest BCUT2D eigenvalue weighted by Gasteiger charge is -2.14. The van der Waals surface area contributed by atoms with E-state index in [1.807, 2.05) is 18.9 Å². The first kappa shape index (κ1) is 15.4. The van der Waals surface area contributed by atoms with Crippen LogP contribution in [0.15, 0.2) is 12.1 Å². The van der Waals surface area contributed by atoms with E-state index in [1.165, 1.54) is 7.05 Å². The van der Waals surface area contributed by atoms with Crippen molar-refractivity contribution in [1.29, 1.82) is 0 Å². The average molecular weight is 271 g/mol. The number of rotatable bonds is 6. The molecule has 1 aromatic carbocycles. The van der Waals surface area contributed by atoms with Gasteiger partial charge in [-0.15, -0.1) is 0 Å². The molecular formula is C13H19F2N3O. The molecule has 0 aliphatic heterocycles. The molecule has 2 N–H and O–H groups in total. The molecule has 0 saturated carbocycles. The third-order valence-corrected chi connectivity index (χ3v) is 2.87. The van der Waals surface area contributed by atoms with Gasteiger partial charge in [-0.25, -0.2) is 8.78 Å². The lowest BCUT2D eigenvalue weighted by atomic mass is 10.1. The molecule has 6 heteroatoms. The van der Waals surface area contributed by atoms with Crippen LogP contribution in [0.5, 0.6) is 0 Å². The number of hydrogen-bond donors (Lipinski definition) is 2. The predicted octanol–water partition coefficient (Wildman–Crippen LogP) is 1.69. The largest absolute Gasteiger partial charge is 0.383 e. The molecule has 0 radical (unpaired) electrons. The zero-order valence-electron chi connectivity index (χ0n) is 11.4. The highest BCUT2D eigenvalue weighted by Crippen LogP contribution is 2.19. The summed E-state index contributed by atoms with van der Waals surface area (Å²) in [5, 5.41) is 5.03. The van der Waals surface area contributed by atoms with E-state index in [9.17, 15) is 13.6 Å². The first-order valence-electron chi connectivity index (χ1n) is 6.13. The van der Waals surface area contributed by atoms with Crippen LogP contribution in [-0.2, 0) is 0 Å². The van der Waals surface area contributed by atoms with Gasteiger partial charge in [-0.3, -0.25) is 4.79 Å². The topological polar surface area (TPSA) is 44.4 Å². The number of nitrogens with zero attached hydrogens (tertiary/aromatic N) is 1. The number of amides is 1. The van der Waals surface area contributed by atoms with Crippen LogP contribution < -0.4 is 10.6 Å². The van der Waals surface area contributed by atoms with E-state index in [1.54, 1.807) is 0 Å². The summed E-state index contributed by atoms with van der Waals surface area (Å²) in [6.07, 6.45) is 0. The monoisotopic (exact) mass is 271 g/mol.